The Bertz CT molecular complexity index is 291. The second kappa shape index (κ2) is 5.70. The highest BCUT2D eigenvalue weighted by molar-refractivity contribution is 5.66. The third-order valence-corrected chi connectivity index (χ3v) is 4.23. The van der Waals surface area contributed by atoms with Gasteiger partial charge in [-0.05, 0) is 49.4 Å². The molecule has 0 amide bonds. The lowest BCUT2D eigenvalue weighted by atomic mass is 9.65. The molecule has 0 bridgehead atoms. The van der Waals surface area contributed by atoms with Gasteiger partial charge in [-0.2, -0.15) is 0 Å². The lowest BCUT2D eigenvalue weighted by molar-refractivity contribution is -0.138. The van der Waals surface area contributed by atoms with E-state index in [1.807, 2.05) is 6.92 Å². The Morgan fingerprint density at radius 3 is 2.76 bits per heavy atom. The standard InChI is InChI=1S/C15H26O2/c1-11(10-14(16)17)7-8-13-12(2)6-5-9-15(13,3)4/h11,13H,2,5-10H2,1,3-4H3,(H,16,17)/t11-,13+/m1/s1. The van der Waals surface area contributed by atoms with Crippen LogP contribution in [0.3, 0.4) is 0 Å². The molecule has 2 nitrogen and oxygen atoms in total. The highest BCUT2D eigenvalue weighted by atomic mass is 16.4. The van der Waals surface area contributed by atoms with Crippen molar-refractivity contribution in [3.05, 3.63) is 12.2 Å². The maximum Gasteiger partial charge on any atom is 0.303 e. The van der Waals surface area contributed by atoms with Crippen LogP contribution in [0.4, 0.5) is 0 Å². The first-order valence-electron chi connectivity index (χ1n) is 6.72. The fraction of sp³-hybridized carbons (Fsp3) is 0.800. The van der Waals surface area contributed by atoms with Gasteiger partial charge in [0.2, 0.25) is 0 Å². The summed E-state index contributed by atoms with van der Waals surface area (Å²) in [5.74, 6) is 0.171. The minimum Gasteiger partial charge on any atom is -0.481 e. The summed E-state index contributed by atoms with van der Waals surface area (Å²) in [6.45, 7) is 10.9. The third-order valence-electron chi connectivity index (χ3n) is 4.23. The fourth-order valence-electron chi connectivity index (χ4n) is 3.12. The molecule has 1 N–H and O–H groups in total. The van der Waals surface area contributed by atoms with Crippen LogP contribution in [0, 0.1) is 17.3 Å². The molecule has 0 saturated heterocycles. The van der Waals surface area contributed by atoms with Crippen LogP contribution >= 0.6 is 0 Å². The Morgan fingerprint density at radius 1 is 1.59 bits per heavy atom. The van der Waals surface area contributed by atoms with Crippen LogP contribution < -0.4 is 0 Å². The van der Waals surface area contributed by atoms with Crippen LogP contribution in [0.15, 0.2) is 12.2 Å². The number of carboxylic acids is 1. The normalized spacial score (nSPS) is 25.6. The molecule has 0 radical (unpaired) electrons. The van der Waals surface area contributed by atoms with Crippen molar-refractivity contribution in [2.45, 2.75) is 59.3 Å². The van der Waals surface area contributed by atoms with E-state index < -0.39 is 5.97 Å². The molecule has 0 unspecified atom stereocenters. The third kappa shape index (κ3) is 4.18. The topological polar surface area (TPSA) is 37.3 Å². The molecule has 98 valence electrons. The average Bonchev–Trinajstić information content (AvgIpc) is 2.14. The van der Waals surface area contributed by atoms with Crippen LogP contribution in [-0.2, 0) is 4.79 Å². The van der Waals surface area contributed by atoms with Crippen molar-refractivity contribution in [2.24, 2.45) is 17.3 Å². The van der Waals surface area contributed by atoms with Crippen molar-refractivity contribution in [3.8, 4) is 0 Å². The van der Waals surface area contributed by atoms with Gasteiger partial charge < -0.3 is 5.11 Å². The number of carboxylic acid groups (broad SMARTS) is 1. The Hall–Kier alpha value is -0.790. The van der Waals surface area contributed by atoms with Gasteiger partial charge in [-0.25, -0.2) is 0 Å². The van der Waals surface area contributed by atoms with Crippen molar-refractivity contribution in [1.82, 2.24) is 0 Å². The maximum atomic E-state index is 10.6. The summed E-state index contributed by atoms with van der Waals surface area (Å²) in [5, 5.41) is 8.76. The summed E-state index contributed by atoms with van der Waals surface area (Å²) >= 11 is 0. The number of aliphatic carboxylic acids is 1. The van der Waals surface area contributed by atoms with Crippen molar-refractivity contribution in [3.63, 3.8) is 0 Å². The maximum absolute atomic E-state index is 10.6. The van der Waals surface area contributed by atoms with Crippen LogP contribution in [0.25, 0.3) is 0 Å². The first-order chi connectivity index (χ1) is 7.83. The van der Waals surface area contributed by atoms with Crippen LogP contribution in [0.1, 0.15) is 59.3 Å². The molecule has 0 aromatic heterocycles. The Kier molecular flexibility index (Phi) is 4.79. The highest BCUT2D eigenvalue weighted by Gasteiger charge is 2.34. The zero-order valence-electron chi connectivity index (χ0n) is 11.5. The number of rotatable bonds is 5. The lowest BCUT2D eigenvalue weighted by Crippen LogP contribution is -2.29. The molecule has 1 rings (SSSR count). The van der Waals surface area contributed by atoms with Crippen molar-refractivity contribution < 1.29 is 9.90 Å². The summed E-state index contributed by atoms with van der Waals surface area (Å²) in [5.41, 5.74) is 1.72. The van der Waals surface area contributed by atoms with E-state index in [1.165, 1.54) is 18.4 Å². The second-order valence-corrected chi connectivity index (χ2v) is 6.33. The summed E-state index contributed by atoms with van der Waals surface area (Å²) in [4.78, 5) is 10.6. The number of allylic oxidation sites excluding steroid dienone is 1. The molecule has 0 aromatic carbocycles. The molecule has 2 atom stereocenters. The molecule has 1 aliphatic rings. The molecule has 0 spiro atoms. The smallest absolute Gasteiger partial charge is 0.303 e. The molecular weight excluding hydrogens is 212 g/mol. The highest BCUT2D eigenvalue weighted by Crippen LogP contribution is 2.45. The van der Waals surface area contributed by atoms with E-state index >= 15 is 0 Å². The van der Waals surface area contributed by atoms with E-state index in [1.54, 1.807) is 0 Å². The summed E-state index contributed by atoms with van der Waals surface area (Å²) < 4.78 is 0. The summed E-state index contributed by atoms with van der Waals surface area (Å²) in [7, 11) is 0. The largest absolute Gasteiger partial charge is 0.481 e. The number of carbonyl (C=O) groups is 1. The Morgan fingerprint density at radius 2 is 2.24 bits per heavy atom. The van der Waals surface area contributed by atoms with Gasteiger partial charge in [0.25, 0.3) is 0 Å². The molecular formula is C15H26O2. The number of hydrogen-bond donors (Lipinski definition) is 1. The molecule has 2 heteroatoms. The van der Waals surface area contributed by atoms with Gasteiger partial charge in [-0.3, -0.25) is 4.79 Å². The van der Waals surface area contributed by atoms with Gasteiger partial charge in [0.15, 0.2) is 0 Å². The van der Waals surface area contributed by atoms with E-state index in [4.69, 9.17) is 5.11 Å². The van der Waals surface area contributed by atoms with Gasteiger partial charge in [-0.15, -0.1) is 0 Å². The SMILES string of the molecule is C=C1CCCC(C)(C)[C@H]1CC[C@@H](C)CC(=O)O. The van der Waals surface area contributed by atoms with Gasteiger partial charge in [0.05, 0.1) is 0 Å². The Balaban J connectivity index is 2.48. The quantitative estimate of drug-likeness (QED) is 0.727. The van der Waals surface area contributed by atoms with E-state index in [2.05, 4.69) is 20.4 Å². The minimum atomic E-state index is -0.681. The van der Waals surface area contributed by atoms with Gasteiger partial charge in [-0.1, -0.05) is 32.9 Å². The zero-order chi connectivity index (χ0) is 13.1. The predicted octanol–water partition coefficient (Wildman–Crippen LogP) is 4.26. The van der Waals surface area contributed by atoms with Gasteiger partial charge in [0.1, 0.15) is 0 Å². The second-order valence-electron chi connectivity index (χ2n) is 6.33. The van der Waals surface area contributed by atoms with Gasteiger partial charge >= 0.3 is 5.97 Å². The molecule has 0 aromatic rings. The Labute approximate surface area is 105 Å². The van der Waals surface area contributed by atoms with Crippen molar-refractivity contribution >= 4 is 5.97 Å². The number of hydrogen-bond acceptors (Lipinski definition) is 1. The van der Waals surface area contributed by atoms with E-state index in [0.29, 0.717) is 17.8 Å². The van der Waals surface area contributed by atoms with Gasteiger partial charge in [0, 0.05) is 6.42 Å². The molecule has 1 saturated carbocycles. The zero-order valence-corrected chi connectivity index (χ0v) is 11.5. The van der Waals surface area contributed by atoms with Crippen LogP contribution in [0.2, 0.25) is 0 Å². The lowest BCUT2D eigenvalue weighted by Gasteiger charge is -2.40. The van der Waals surface area contributed by atoms with E-state index in [-0.39, 0.29) is 5.92 Å². The van der Waals surface area contributed by atoms with Crippen LogP contribution in [0.5, 0.6) is 0 Å². The van der Waals surface area contributed by atoms with Crippen LogP contribution in [-0.4, -0.2) is 11.1 Å². The van der Waals surface area contributed by atoms with Crippen molar-refractivity contribution in [2.75, 3.05) is 0 Å². The summed E-state index contributed by atoms with van der Waals surface area (Å²) in [6, 6.07) is 0. The molecule has 0 aliphatic heterocycles. The van der Waals surface area contributed by atoms with E-state index in [0.717, 1.165) is 19.3 Å². The summed E-state index contributed by atoms with van der Waals surface area (Å²) in [6.07, 6.45) is 6.07. The van der Waals surface area contributed by atoms with E-state index in [9.17, 15) is 4.79 Å². The average molecular weight is 238 g/mol. The molecule has 17 heavy (non-hydrogen) atoms. The monoisotopic (exact) mass is 238 g/mol. The molecule has 0 heterocycles. The van der Waals surface area contributed by atoms with Crippen molar-refractivity contribution in [1.29, 1.82) is 0 Å². The molecule has 1 fully saturated rings. The molecule has 1 aliphatic carbocycles. The first-order valence-corrected chi connectivity index (χ1v) is 6.72. The predicted molar refractivity (Wildman–Crippen MR) is 70.9 cm³/mol. The minimum absolute atomic E-state index is 0.276. The first kappa shape index (κ1) is 14.3. The fourth-order valence-corrected chi connectivity index (χ4v) is 3.12.